The summed E-state index contributed by atoms with van der Waals surface area (Å²) in [5.74, 6) is 0.674. The van der Waals surface area contributed by atoms with Crippen LogP contribution in [0.4, 0.5) is 5.69 Å². The molecule has 0 amide bonds. The summed E-state index contributed by atoms with van der Waals surface area (Å²) in [4.78, 5) is 0. The zero-order chi connectivity index (χ0) is 13.1. The standard InChI is InChI=1S/C13H18N2O2/c1-9(16)13(2,3)15-12-7-11(17-4)6-5-10(12)8-14/h5-7,9,15-16H,1-4H3. The monoisotopic (exact) mass is 234 g/mol. The summed E-state index contributed by atoms with van der Waals surface area (Å²) in [5, 5.41) is 21.8. The van der Waals surface area contributed by atoms with Gasteiger partial charge in [0.05, 0.1) is 30.0 Å². The average Bonchev–Trinajstić information content (AvgIpc) is 2.28. The predicted molar refractivity (Wildman–Crippen MR) is 67.1 cm³/mol. The summed E-state index contributed by atoms with van der Waals surface area (Å²) in [7, 11) is 1.57. The Morgan fingerprint density at radius 3 is 2.59 bits per heavy atom. The van der Waals surface area contributed by atoms with Gasteiger partial charge in [0.15, 0.2) is 0 Å². The number of nitrogens with zero attached hydrogens (tertiary/aromatic N) is 1. The number of methoxy groups -OCH3 is 1. The lowest BCUT2D eigenvalue weighted by Crippen LogP contribution is -2.42. The van der Waals surface area contributed by atoms with Crippen molar-refractivity contribution in [2.24, 2.45) is 0 Å². The first kappa shape index (κ1) is 13.3. The summed E-state index contributed by atoms with van der Waals surface area (Å²) >= 11 is 0. The highest BCUT2D eigenvalue weighted by Crippen LogP contribution is 2.26. The number of benzene rings is 1. The van der Waals surface area contributed by atoms with Crippen molar-refractivity contribution in [3.05, 3.63) is 23.8 Å². The second kappa shape index (κ2) is 5.07. The van der Waals surface area contributed by atoms with E-state index in [9.17, 15) is 5.11 Å². The van der Waals surface area contributed by atoms with Crippen molar-refractivity contribution in [1.29, 1.82) is 5.26 Å². The minimum Gasteiger partial charge on any atom is -0.497 e. The highest BCUT2D eigenvalue weighted by molar-refractivity contribution is 5.61. The molecule has 0 saturated carbocycles. The minimum absolute atomic E-state index is 0.516. The number of hydrogen-bond donors (Lipinski definition) is 2. The highest BCUT2D eigenvalue weighted by atomic mass is 16.5. The molecule has 0 fully saturated rings. The molecule has 0 aliphatic heterocycles. The van der Waals surface area contributed by atoms with Gasteiger partial charge < -0.3 is 15.2 Å². The Morgan fingerprint density at radius 1 is 1.47 bits per heavy atom. The first-order chi connectivity index (χ1) is 7.90. The van der Waals surface area contributed by atoms with Gasteiger partial charge in [-0.3, -0.25) is 0 Å². The molecular formula is C13H18N2O2. The highest BCUT2D eigenvalue weighted by Gasteiger charge is 2.24. The molecular weight excluding hydrogens is 216 g/mol. The minimum atomic E-state index is -0.541. The summed E-state index contributed by atoms with van der Waals surface area (Å²) in [6, 6.07) is 7.29. The molecule has 0 aliphatic rings. The average molecular weight is 234 g/mol. The van der Waals surface area contributed by atoms with Crippen molar-refractivity contribution in [3.63, 3.8) is 0 Å². The first-order valence-corrected chi connectivity index (χ1v) is 5.45. The zero-order valence-electron chi connectivity index (χ0n) is 10.6. The molecule has 4 heteroatoms. The van der Waals surface area contributed by atoms with E-state index < -0.39 is 11.6 Å². The Morgan fingerprint density at radius 2 is 2.12 bits per heavy atom. The molecule has 1 aromatic carbocycles. The maximum absolute atomic E-state index is 9.65. The molecule has 1 unspecified atom stereocenters. The van der Waals surface area contributed by atoms with Gasteiger partial charge in [-0.15, -0.1) is 0 Å². The maximum atomic E-state index is 9.65. The molecule has 17 heavy (non-hydrogen) atoms. The van der Waals surface area contributed by atoms with Crippen molar-refractivity contribution in [2.45, 2.75) is 32.4 Å². The third kappa shape index (κ3) is 3.11. The van der Waals surface area contributed by atoms with E-state index in [-0.39, 0.29) is 0 Å². The van der Waals surface area contributed by atoms with E-state index in [1.807, 2.05) is 13.8 Å². The Kier molecular flexibility index (Phi) is 3.97. The molecule has 0 saturated heterocycles. The van der Waals surface area contributed by atoms with Gasteiger partial charge in [-0.1, -0.05) is 0 Å². The van der Waals surface area contributed by atoms with Crippen molar-refractivity contribution in [3.8, 4) is 11.8 Å². The molecule has 0 aliphatic carbocycles. The smallest absolute Gasteiger partial charge is 0.121 e. The van der Waals surface area contributed by atoms with Crippen LogP contribution in [-0.2, 0) is 0 Å². The van der Waals surface area contributed by atoms with E-state index in [1.165, 1.54) is 0 Å². The number of anilines is 1. The van der Waals surface area contributed by atoms with Gasteiger partial charge in [-0.25, -0.2) is 0 Å². The molecule has 0 heterocycles. The van der Waals surface area contributed by atoms with Gasteiger partial charge in [0.25, 0.3) is 0 Å². The Balaban J connectivity index is 3.08. The lowest BCUT2D eigenvalue weighted by molar-refractivity contribution is 0.133. The molecule has 0 aromatic heterocycles. The van der Waals surface area contributed by atoms with Crippen LogP contribution < -0.4 is 10.1 Å². The van der Waals surface area contributed by atoms with Crippen LogP contribution in [0.2, 0.25) is 0 Å². The van der Waals surface area contributed by atoms with Crippen LogP contribution >= 0.6 is 0 Å². The topological polar surface area (TPSA) is 65.3 Å². The maximum Gasteiger partial charge on any atom is 0.121 e. The van der Waals surface area contributed by atoms with Crippen molar-refractivity contribution < 1.29 is 9.84 Å². The van der Waals surface area contributed by atoms with Gasteiger partial charge in [-0.05, 0) is 32.9 Å². The number of ether oxygens (including phenoxy) is 1. The number of aliphatic hydroxyl groups is 1. The number of nitrogens with one attached hydrogen (secondary N) is 1. The van der Waals surface area contributed by atoms with Crippen molar-refractivity contribution in [2.75, 3.05) is 12.4 Å². The van der Waals surface area contributed by atoms with Gasteiger partial charge in [-0.2, -0.15) is 5.26 Å². The normalized spacial score (nSPS) is 12.7. The Bertz CT molecular complexity index is 434. The largest absolute Gasteiger partial charge is 0.497 e. The van der Waals surface area contributed by atoms with Crippen LogP contribution in [0.25, 0.3) is 0 Å². The fourth-order valence-corrected chi connectivity index (χ4v) is 1.30. The van der Waals surface area contributed by atoms with Crippen LogP contribution in [0, 0.1) is 11.3 Å². The molecule has 4 nitrogen and oxygen atoms in total. The number of nitriles is 1. The molecule has 0 spiro atoms. The second-order valence-corrected chi connectivity index (χ2v) is 4.55. The summed E-state index contributed by atoms with van der Waals surface area (Å²) in [6.45, 7) is 5.45. The molecule has 2 N–H and O–H groups in total. The van der Waals surface area contributed by atoms with Crippen LogP contribution in [-0.4, -0.2) is 23.9 Å². The van der Waals surface area contributed by atoms with E-state index >= 15 is 0 Å². The van der Waals surface area contributed by atoms with Crippen LogP contribution in [0.15, 0.2) is 18.2 Å². The van der Waals surface area contributed by atoms with E-state index in [4.69, 9.17) is 10.00 Å². The predicted octanol–water partition coefficient (Wildman–Crippen LogP) is 2.14. The lowest BCUT2D eigenvalue weighted by Gasteiger charge is -2.31. The molecule has 0 bridgehead atoms. The summed E-state index contributed by atoms with van der Waals surface area (Å²) < 4.78 is 5.12. The quantitative estimate of drug-likeness (QED) is 0.837. The summed E-state index contributed by atoms with van der Waals surface area (Å²) in [5.41, 5.74) is 0.676. The van der Waals surface area contributed by atoms with Gasteiger partial charge >= 0.3 is 0 Å². The second-order valence-electron chi connectivity index (χ2n) is 4.55. The van der Waals surface area contributed by atoms with E-state index in [0.29, 0.717) is 17.0 Å². The van der Waals surface area contributed by atoms with Gasteiger partial charge in [0.1, 0.15) is 11.8 Å². The van der Waals surface area contributed by atoms with E-state index in [0.717, 1.165) is 0 Å². The number of rotatable bonds is 4. The molecule has 1 atom stereocenters. The summed E-state index contributed by atoms with van der Waals surface area (Å²) in [6.07, 6.45) is -0.541. The van der Waals surface area contributed by atoms with E-state index in [2.05, 4.69) is 11.4 Å². The first-order valence-electron chi connectivity index (χ1n) is 5.45. The fourth-order valence-electron chi connectivity index (χ4n) is 1.30. The molecule has 92 valence electrons. The SMILES string of the molecule is COc1ccc(C#N)c(NC(C)(C)C(C)O)c1. The molecule has 1 rings (SSSR count). The van der Waals surface area contributed by atoms with Gasteiger partial charge in [0.2, 0.25) is 0 Å². The van der Waals surface area contributed by atoms with E-state index in [1.54, 1.807) is 32.2 Å². The Hall–Kier alpha value is -1.73. The number of aliphatic hydroxyl groups excluding tert-OH is 1. The van der Waals surface area contributed by atoms with Crippen LogP contribution in [0.3, 0.4) is 0 Å². The number of hydrogen-bond acceptors (Lipinski definition) is 4. The lowest BCUT2D eigenvalue weighted by atomic mass is 9.97. The molecule has 1 aromatic rings. The third-order valence-corrected chi connectivity index (χ3v) is 2.85. The molecule has 0 radical (unpaired) electrons. The Labute approximate surface area is 102 Å². The van der Waals surface area contributed by atoms with Crippen LogP contribution in [0.5, 0.6) is 5.75 Å². The third-order valence-electron chi connectivity index (χ3n) is 2.85. The van der Waals surface area contributed by atoms with Crippen molar-refractivity contribution in [1.82, 2.24) is 0 Å². The fraction of sp³-hybridized carbons (Fsp3) is 0.462. The van der Waals surface area contributed by atoms with Gasteiger partial charge in [0, 0.05) is 6.07 Å². The van der Waals surface area contributed by atoms with Crippen LogP contribution in [0.1, 0.15) is 26.3 Å². The zero-order valence-corrected chi connectivity index (χ0v) is 10.6. The van der Waals surface area contributed by atoms with Crippen molar-refractivity contribution >= 4 is 5.69 Å².